The molecule has 2 aromatic rings. The van der Waals surface area contributed by atoms with Crippen LogP contribution in [-0.2, 0) is 10.0 Å². The van der Waals surface area contributed by atoms with Crippen LogP contribution in [-0.4, -0.2) is 87.3 Å². The van der Waals surface area contributed by atoms with Crippen LogP contribution in [0.1, 0.15) is 56.3 Å². The van der Waals surface area contributed by atoms with Gasteiger partial charge in [-0.05, 0) is 56.2 Å². The van der Waals surface area contributed by atoms with Gasteiger partial charge in [-0.15, -0.1) is 0 Å². The molecule has 0 saturated heterocycles. The van der Waals surface area contributed by atoms with Crippen molar-refractivity contribution in [3.63, 3.8) is 0 Å². The average molecular weight is 603 g/mol. The Hall–Kier alpha value is -3.51. The molecule has 1 aliphatic carbocycles. The molecular formula is C30H42N4O7S. The molecule has 0 spiro atoms. The molecule has 1 aliphatic heterocycles. The topological polar surface area (TPSA) is 138 Å². The Balaban J connectivity index is 1.66. The standard InChI is InChI=1S/C30H42N4O7S/c1-20-17-34(21(2)19-35)29(36)25-11-8-12-26(32-42(38,39)24-15-13-23(40-4)14-16-24)28(25)41-27(20)18-33(3)30(37)31-22-9-6-5-7-10-22/h8,11-16,20-22,27,32,35H,5-7,9-10,17-19H2,1-4H3,(H,31,37)/t20-,21+,27-/m1/s1. The van der Waals surface area contributed by atoms with E-state index in [0.29, 0.717) is 5.75 Å². The highest BCUT2D eigenvalue weighted by Gasteiger charge is 2.35. The van der Waals surface area contributed by atoms with Crippen LogP contribution in [0, 0.1) is 5.92 Å². The molecular weight excluding hydrogens is 560 g/mol. The van der Waals surface area contributed by atoms with E-state index in [2.05, 4.69) is 10.0 Å². The van der Waals surface area contributed by atoms with Crippen molar-refractivity contribution in [2.45, 2.75) is 69.0 Å². The lowest BCUT2D eigenvalue weighted by Gasteiger charge is -2.38. The minimum absolute atomic E-state index is 0.0117. The second kappa shape index (κ2) is 13.6. The van der Waals surface area contributed by atoms with Gasteiger partial charge in [-0.1, -0.05) is 32.3 Å². The van der Waals surface area contributed by atoms with Crippen molar-refractivity contribution in [2.24, 2.45) is 5.92 Å². The maximum Gasteiger partial charge on any atom is 0.317 e. The number of anilines is 1. The summed E-state index contributed by atoms with van der Waals surface area (Å²) >= 11 is 0. The van der Waals surface area contributed by atoms with Crippen molar-refractivity contribution < 1.29 is 32.6 Å². The molecule has 12 heteroatoms. The number of sulfonamides is 1. The zero-order valence-electron chi connectivity index (χ0n) is 24.7. The third-order valence-electron chi connectivity index (χ3n) is 8.04. The van der Waals surface area contributed by atoms with Crippen LogP contribution in [0.3, 0.4) is 0 Å². The highest BCUT2D eigenvalue weighted by atomic mass is 32.2. The molecule has 4 rings (SSSR count). The first-order chi connectivity index (χ1) is 20.0. The summed E-state index contributed by atoms with van der Waals surface area (Å²) in [5, 5.41) is 13.0. The molecule has 1 heterocycles. The molecule has 0 unspecified atom stereocenters. The Morgan fingerprint density at radius 2 is 1.86 bits per heavy atom. The second-order valence-electron chi connectivity index (χ2n) is 11.3. The number of para-hydroxylation sites is 1. The van der Waals surface area contributed by atoms with Gasteiger partial charge in [-0.3, -0.25) is 9.52 Å². The number of rotatable bonds is 9. The van der Waals surface area contributed by atoms with E-state index < -0.39 is 22.2 Å². The predicted molar refractivity (Wildman–Crippen MR) is 159 cm³/mol. The van der Waals surface area contributed by atoms with Crippen LogP contribution in [0.4, 0.5) is 10.5 Å². The van der Waals surface area contributed by atoms with Crippen LogP contribution in [0.25, 0.3) is 0 Å². The van der Waals surface area contributed by atoms with Crippen molar-refractivity contribution in [2.75, 3.05) is 38.6 Å². The van der Waals surface area contributed by atoms with Gasteiger partial charge in [0.1, 0.15) is 11.9 Å². The van der Waals surface area contributed by atoms with Crippen molar-refractivity contribution in [3.8, 4) is 11.5 Å². The number of benzene rings is 2. The van der Waals surface area contributed by atoms with E-state index in [-0.39, 0.29) is 65.5 Å². The van der Waals surface area contributed by atoms with E-state index in [1.165, 1.54) is 31.7 Å². The molecule has 1 saturated carbocycles. The van der Waals surface area contributed by atoms with Crippen LogP contribution in [0.2, 0.25) is 0 Å². The van der Waals surface area contributed by atoms with Crippen molar-refractivity contribution in [1.82, 2.24) is 15.1 Å². The fourth-order valence-electron chi connectivity index (χ4n) is 5.38. The van der Waals surface area contributed by atoms with E-state index in [4.69, 9.17) is 9.47 Å². The van der Waals surface area contributed by atoms with Gasteiger partial charge >= 0.3 is 6.03 Å². The average Bonchev–Trinajstić information content (AvgIpc) is 2.99. The molecule has 0 bridgehead atoms. The first kappa shape index (κ1) is 31.4. The molecule has 0 radical (unpaired) electrons. The Kier molecular flexibility index (Phi) is 10.2. The number of aliphatic hydroxyl groups excluding tert-OH is 1. The summed E-state index contributed by atoms with van der Waals surface area (Å²) in [5.74, 6) is -0.0512. The molecule has 42 heavy (non-hydrogen) atoms. The SMILES string of the molecule is COc1ccc(S(=O)(=O)Nc2cccc3c2O[C@H](CN(C)C(=O)NC2CCCCC2)[C@H](C)CN([C@@H](C)CO)C3=O)cc1. The number of aliphatic hydroxyl groups is 1. The Bertz CT molecular complexity index is 1350. The van der Waals surface area contributed by atoms with Gasteiger partial charge in [-0.2, -0.15) is 0 Å². The molecule has 3 atom stereocenters. The second-order valence-corrected chi connectivity index (χ2v) is 12.9. The van der Waals surface area contributed by atoms with Crippen LogP contribution < -0.4 is 19.5 Å². The lowest BCUT2D eigenvalue weighted by molar-refractivity contribution is 0.0368. The maximum atomic E-state index is 13.7. The summed E-state index contributed by atoms with van der Waals surface area (Å²) in [6.45, 7) is 3.91. The highest BCUT2D eigenvalue weighted by molar-refractivity contribution is 7.92. The number of hydrogen-bond acceptors (Lipinski definition) is 7. The van der Waals surface area contributed by atoms with E-state index in [0.717, 1.165) is 25.7 Å². The van der Waals surface area contributed by atoms with Crippen molar-refractivity contribution >= 4 is 27.6 Å². The minimum Gasteiger partial charge on any atom is -0.497 e. The minimum atomic E-state index is -4.05. The number of urea groups is 1. The molecule has 1 fully saturated rings. The molecule has 3 N–H and O–H groups in total. The molecule has 11 nitrogen and oxygen atoms in total. The van der Waals surface area contributed by atoms with E-state index >= 15 is 0 Å². The smallest absolute Gasteiger partial charge is 0.317 e. The summed E-state index contributed by atoms with van der Waals surface area (Å²) in [5.41, 5.74) is 0.262. The highest BCUT2D eigenvalue weighted by Crippen LogP contribution is 2.36. The molecule has 3 amide bonds. The summed E-state index contributed by atoms with van der Waals surface area (Å²) in [7, 11) is -0.860. The number of carbonyl (C=O) groups excluding carboxylic acids is 2. The number of fused-ring (bicyclic) bond motifs is 1. The molecule has 230 valence electrons. The number of amides is 3. The molecule has 2 aromatic carbocycles. The Morgan fingerprint density at radius 3 is 2.50 bits per heavy atom. The summed E-state index contributed by atoms with van der Waals surface area (Å²) in [4.78, 5) is 30.0. The number of nitrogens with one attached hydrogen (secondary N) is 2. The number of likely N-dealkylation sites (N-methyl/N-ethyl adjacent to an activating group) is 1. The van der Waals surface area contributed by atoms with Crippen LogP contribution in [0.15, 0.2) is 47.4 Å². The molecule has 0 aromatic heterocycles. The maximum absolute atomic E-state index is 13.7. The number of methoxy groups -OCH3 is 1. The zero-order valence-corrected chi connectivity index (χ0v) is 25.5. The normalized spacial score (nSPS) is 20.4. The Labute approximate surface area is 248 Å². The number of nitrogens with zero attached hydrogens (tertiary/aromatic N) is 2. The van der Waals surface area contributed by atoms with E-state index in [9.17, 15) is 23.1 Å². The lowest BCUT2D eigenvalue weighted by Crippen LogP contribution is -2.52. The number of carbonyl (C=O) groups is 2. The lowest BCUT2D eigenvalue weighted by atomic mass is 9.96. The summed E-state index contributed by atoms with van der Waals surface area (Å²) in [6, 6.07) is 10.1. The third kappa shape index (κ3) is 7.27. The van der Waals surface area contributed by atoms with Gasteiger partial charge in [0.15, 0.2) is 5.75 Å². The van der Waals surface area contributed by atoms with Crippen molar-refractivity contribution in [1.29, 1.82) is 0 Å². The predicted octanol–water partition coefficient (Wildman–Crippen LogP) is 3.69. The fourth-order valence-corrected chi connectivity index (χ4v) is 6.45. The van der Waals surface area contributed by atoms with Crippen LogP contribution in [0.5, 0.6) is 11.5 Å². The van der Waals surface area contributed by atoms with Gasteiger partial charge in [0, 0.05) is 25.6 Å². The summed E-state index contributed by atoms with van der Waals surface area (Å²) in [6.07, 6.45) is 4.70. The van der Waals surface area contributed by atoms with Crippen molar-refractivity contribution in [3.05, 3.63) is 48.0 Å². The Morgan fingerprint density at radius 1 is 1.17 bits per heavy atom. The monoisotopic (exact) mass is 602 g/mol. The van der Waals surface area contributed by atoms with Gasteiger partial charge in [0.25, 0.3) is 15.9 Å². The number of hydrogen-bond donors (Lipinski definition) is 3. The first-order valence-corrected chi connectivity index (χ1v) is 15.9. The van der Waals surface area contributed by atoms with E-state index in [1.807, 2.05) is 6.92 Å². The van der Waals surface area contributed by atoms with Gasteiger partial charge in [0.2, 0.25) is 0 Å². The summed E-state index contributed by atoms with van der Waals surface area (Å²) < 4.78 is 40.9. The van der Waals surface area contributed by atoms with Gasteiger partial charge in [-0.25, -0.2) is 13.2 Å². The third-order valence-corrected chi connectivity index (χ3v) is 9.42. The van der Waals surface area contributed by atoms with Gasteiger partial charge < -0.3 is 29.7 Å². The largest absolute Gasteiger partial charge is 0.497 e. The zero-order chi connectivity index (χ0) is 30.4. The molecule has 2 aliphatic rings. The van der Waals surface area contributed by atoms with E-state index in [1.54, 1.807) is 48.0 Å². The first-order valence-electron chi connectivity index (χ1n) is 14.4. The quantitative estimate of drug-likeness (QED) is 0.398. The fraction of sp³-hybridized carbons (Fsp3) is 0.533. The number of ether oxygens (including phenoxy) is 2. The van der Waals surface area contributed by atoms with Gasteiger partial charge in [0.05, 0.1) is 42.4 Å². The van der Waals surface area contributed by atoms with Crippen LogP contribution >= 0.6 is 0 Å².